The van der Waals surface area contributed by atoms with Crippen molar-refractivity contribution in [2.45, 2.75) is 25.7 Å². The molecule has 1 aliphatic carbocycles. The minimum Gasteiger partial charge on any atom is -0.466 e. The van der Waals surface area contributed by atoms with Crippen LogP contribution in [-0.2, 0) is 9.53 Å². The van der Waals surface area contributed by atoms with Crippen molar-refractivity contribution in [2.24, 2.45) is 0 Å². The molecule has 2 nitrogen and oxygen atoms in total. The summed E-state index contributed by atoms with van der Waals surface area (Å²) in [6.07, 6.45) is 6.23. The summed E-state index contributed by atoms with van der Waals surface area (Å²) in [5.41, 5.74) is 1.24. The van der Waals surface area contributed by atoms with Crippen molar-refractivity contribution in [3.05, 3.63) is 11.6 Å². The number of carbonyl (C=O) groups is 1. The molecule has 0 unspecified atom stereocenters. The Morgan fingerprint density at radius 1 is 1.50 bits per heavy atom. The maximum Gasteiger partial charge on any atom is 0.330 e. The molecule has 0 radical (unpaired) electrons. The smallest absolute Gasteiger partial charge is 0.330 e. The molecule has 1 fully saturated rings. The van der Waals surface area contributed by atoms with Crippen LogP contribution >= 0.6 is 0 Å². The summed E-state index contributed by atoms with van der Waals surface area (Å²) < 4.78 is 4.50. The number of hydrogen-bond donors (Lipinski definition) is 0. The number of ether oxygens (including phenoxy) is 1. The fraction of sp³-hybridized carbons (Fsp3) is 0.625. The van der Waals surface area contributed by atoms with Crippen molar-refractivity contribution >= 4 is 5.97 Å². The molecule has 0 saturated heterocycles. The van der Waals surface area contributed by atoms with Crippen molar-refractivity contribution in [3.63, 3.8) is 0 Å². The number of allylic oxidation sites excluding steroid dienone is 1. The maximum absolute atomic E-state index is 10.7. The summed E-state index contributed by atoms with van der Waals surface area (Å²) in [6.45, 7) is 0. The zero-order chi connectivity index (χ0) is 7.40. The highest BCUT2D eigenvalue weighted by Gasteiger charge is 2.07. The van der Waals surface area contributed by atoms with E-state index in [0.29, 0.717) is 0 Å². The fourth-order valence-corrected chi connectivity index (χ4v) is 1.20. The Labute approximate surface area is 60.9 Å². The van der Waals surface area contributed by atoms with Crippen LogP contribution in [0.5, 0.6) is 0 Å². The summed E-state index contributed by atoms with van der Waals surface area (Å²) in [5, 5.41) is 0. The highest BCUT2D eigenvalue weighted by Crippen LogP contribution is 2.23. The molecule has 2 heteroatoms. The van der Waals surface area contributed by atoms with Gasteiger partial charge in [0, 0.05) is 6.08 Å². The highest BCUT2D eigenvalue weighted by atomic mass is 16.5. The van der Waals surface area contributed by atoms with Crippen LogP contribution in [0.1, 0.15) is 25.7 Å². The van der Waals surface area contributed by atoms with Crippen LogP contribution in [0.25, 0.3) is 0 Å². The number of hydrogen-bond acceptors (Lipinski definition) is 2. The van der Waals surface area contributed by atoms with Crippen molar-refractivity contribution in [2.75, 3.05) is 7.11 Å². The number of carbonyl (C=O) groups excluding carboxylic acids is 1. The lowest BCUT2D eigenvalue weighted by Gasteiger charge is -1.93. The van der Waals surface area contributed by atoms with Gasteiger partial charge >= 0.3 is 5.97 Å². The molecule has 0 aromatic rings. The molecule has 56 valence electrons. The van der Waals surface area contributed by atoms with Gasteiger partial charge in [-0.05, 0) is 25.7 Å². The average Bonchev–Trinajstić information content (AvgIpc) is 2.40. The van der Waals surface area contributed by atoms with Gasteiger partial charge in [0.15, 0.2) is 0 Å². The Bertz CT molecular complexity index is 151. The first kappa shape index (κ1) is 7.32. The number of esters is 1. The Balaban J connectivity index is 2.45. The topological polar surface area (TPSA) is 26.3 Å². The fourth-order valence-electron chi connectivity index (χ4n) is 1.20. The summed E-state index contributed by atoms with van der Waals surface area (Å²) in [5.74, 6) is -0.211. The lowest BCUT2D eigenvalue weighted by Crippen LogP contribution is -1.95. The van der Waals surface area contributed by atoms with Crippen LogP contribution < -0.4 is 0 Å². The molecule has 1 rings (SSSR count). The Hall–Kier alpha value is -0.790. The largest absolute Gasteiger partial charge is 0.466 e. The molecule has 0 aromatic carbocycles. The van der Waals surface area contributed by atoms with Crippen LogP contribution in [-0.4, -0.2) is 13.1 Å². The molecular formula is C8H12O2. The van der Waals surface area contributed by atoms with Crippen molar-refractivity contribution < 1.29 is 9.53 Å². The first-order valence-corrected chi connectivity index (χ1v) is 3.60. The van der Waals surface area contributed by atoms with Gasteiger partial charge in [-0.2, -0.15) is 0 Å². The average molecular weight is 140 g/mol. The predicted molar refractivity (Wildman–Crippen MR) is 38.6 cm³/mol. The molecule has 1 saturated carbocycles. The molecule has 0 N–H and O–H groups in total. The maximum atomic E-state index is 10.7. The molecule has 0 bridgehead atoms. The summed E-state index contributed by atoms with van der Waals surface area (Å²) in [7, 11) is 1.41. The third kappa shape index (κ3) is 1.87. The minimum atomic E-state index is -0.211. The molecule has 0 atom stereocenters. The summed E-state index contributed by atoms with van der Waals surface area (Å²) in [6, 6.07) is 0. The first-order valence-electron chi connectivity index (χ1n) is 3.60. The highest BCUT2D eigenvalue weighted by molar-refractivity contribution is 5.82. The first-order chi connectivity index (χ1) is 4.83. The van der Waals surface area contributed by atoms with Crippen molar-refractivity contribution in [1.82, 2.24) is 0 Å². The zero-order valence-electron chi connectivity index (χ0n) is 6.22. The monoisotopic (exact) mass is 140 g/mol. The summed E-state index contributed by atoms with van der Waals surface area (Å²) in [4.78, 5) is 10.7. The lowest BCUT2D eigenvalue weighted by molar-refractivity contribution is -0.134. The Kier molecular flexibility index (Phi) is 2.49. The second-order valence-corrected chi connectivity index (χ2v) is 2.53. The number of rotatable bonds is 1. The van der Waals surface area contributed by atoms with E-state index < -0.39 is 0 Å². The second-order valence-electron chi connectivity index (χ2n) is 2.53. The van der Waals surface area contributed by atoms with E-state index in [1.807, 2.05) is 0 Å². The van der Waals surface area contributed by atoms with E-state index in [-0.39, 0.29) is 5.97 Å². The molecule has 0 aliphatic heterocycles. The lowest BCUT2D eigenvalue weighted by atomic mass is 10.2. The second kappa shape index (κ2) is 3.40. The van der Waals surface area contributed by atoms with E-state index in [0.717, 1.165) is 12.8 Å². The van der Waals surface area contributed by atoms with Crippen LogP contribution in [0, 0.1) is 0 Å². The van der Waals surface area contributed by atoms with E-state index in [4.69, 9.17) is 0 Å². The van der Waals surface area contributed by atoms with Crippen molar-refractivity contribution in [3.8, 4) is 0 Å². The van der Waals surface area contributed by atoms with E-state index in [2.05, 4.69) is 4.74 Å². The normalized spacial score (nSPS) is 17.1. The molecule has 0 heterocycles. The standard InChI is InChI=1S/C8H12O2/c1-10-8(9)6-7-4-2-3-5-7/h6H,2-5H2,1H3. The third-order valence-corrected chi connectivity index (χ3v) is 1.77. The summed E-state index contributed by atoms with van der Waals surface area (Å²) >= 11 is 0. The van der Waals surface area contributed by atoms with Gasteiger partial charge in [-0.25, -0.2) is 4.79 Å². The van der Waals surface area contributed by atoms with Crippen LogP contribution in [0.2, 0.25) is 0 Å². The SMILES string of the molecule is COC(=O)C=C1CCCC1. The molecule has 1 aliphatic rings. The zero-order valence-corrected chi connectivity index (χ0v) is 6.22. The van der Waals surface area contributed by atoms with Gasteiger partial charge in [-0.1, -0.05) is 5.57 Å². The van der Waals surface area contributed by atoms with Gasteiger partial charge in [0.1, 0.15) is 0 Å². The minimum absolute atomic E-state index is 0.211. The van der Waals surface area contributed by atoms with Gasteiger partial charge in [0.05, 0.1) is 7.11 Å². The number of methoxy groups -OCH3 is 1. The van der Waals surface area contributed by atoms with Crippen LogP contribution in [0.15, 0.2) is 11.6 Å². The Morgan fingerprint density at radius 2 is 2.10 bits per heavy atom. The van der Waals surface area contributed by atoms with Gasteiger partial charge in [-0.3, -0.25) is 0 Å². The van der Waals surface area contributed by atoms with Gasteiger partial charge < -0.3 is 4.74 Å². The quantitative estimate of drug-likeness (QED) is 0.409. The van der Waals surface area contributed by atoms with Crippen LogP contribution in [0.3, 0.4) is 0 Å². The van der Waals surface area contributed by atoms with Gasteiger partial charge in [-0.15, -0.1) is 0 Å². The molecule has 0 spiro atoms. The Morgan fingerprint density at radius 3 is 2.60 bits per heavy atom. The van der Waals surface area contributed by atoms with Gasteiger partial charge in [0.25, 0.3) is 0 Å². The molecule has 0 amide bonds. The van der Waals surface area contributed by atoms with E-state index in [9.17, 15) is 4.79 Å². The van der Waals surface area contributed by atoms with E-state index in [1.54, 1.807) is 6.08 Å². The molecular weight excluding hydrogens is 128 g/mol. The van der Waals surface area contributed by atoms with Crippen LogP contribution in [0.4, 0.5) is 0 Å². The molecule has 10 heavy (non-hydrogen) atoms. The van der Waals surface area contributed by atoms with Crippen molar-refractivity contribution in [1.29, 1.82) is 0 Å². The predicted octanol–water partition coefficient (Wildman–Crippen LogP) is 1.66. The third-order valence-electron chi connectivity index (χ3n) is 1.77. The van der Waals surface area contributed by atoms with E-state index in [1.165, 1.54) is 25.5 Å². The van der Waals surface area contributed by atoms with Gasteiger partial charge in [0.2, 0.25) is 0 Å². The molecule has 0 aromatic heterocycles. The van der Waals surface area contributed by atoms with E-state index >= 15 is 0 Å².